The molecule has 0 N–H and O–H groups in total. The Kier molecular flexibility index (Phi) is 2.74. The van der Waals surface area contributed by atoms with Crippen LogP contribution < -0.4 is 0 Å². The molecule has 0 aromatic heterocycles. The lowest BCUT2D eigenvalue weighted by atomic mass is 9.83. The van der Waals surface area contributed by atoms with E-state index in [1.54, 1.807) is 0 Å². The monoisotopic (exact) mass is 677 g/mol. The van der Waals surface area contributed by atoms with Crippen LogP contribution in [0.25, 0.3) is 98.4 Å². The first-order valence-electron chi connectivity index (χ1n) is 30.8. The van der Waals surface area contributed by atoms with Crippen molar-refractivity contribution in [2.75, 3.05) is 0 Å². The molecule has 0 heterocycles. The molecular weight excluding hydrogens is 613 g/mol. The van der Waals surface area contributed by atoms with Gasteiger partial charge in [-0.2, -0.15) is 0 Å². The summed E-state index contributed by atoms with van der Waals surface area (Å²) in [5.41, 5.74) is -7.27. The van der Waals surface area contributed by atoms with Gasteiger partial charge in [0.1, 0.15) is 0 Å². The van der Waals surface area contributed by atoms with Crippen molar-refractivity contribution >= 4 is 53.9 Å². The Balaban J connectivity index is 1.58. The summed E-state index contributed by atoms with van der Waals surface area (Å²) in [5.74, 6) is 0. The fourth-order valence-corrected chi connectivity index (χ4v) is 6.00. The molecule has 0 bridgehead atoms. The van der Waals surface area contributed by atoms with E-state index in [4.69, 9.17) is 21.9 Å². The second-order valence-corrected chi connectivity index (χ2v) is 11.2. The first-order chi connectivity index (χ1) is 38.1. The van der Waals surface area contributed by atoms with Gasteiger partial charge >= 0.3 is 0 Å². The summed E-state index contributed by atoms with van der Waals surface area (Å²) >= 11 is 0. The highest BCUT2D eigenvalue weighted by Gasteiger charge is 2.19. The van der Waals surface area contributed by atoms with E-state index in [1.165, 1.54) is 6.92 Å². The van der Waals surface area contributed by atoms with Crippen molar-refractivity contribution in [2.45, 2.75) is 6.92 Å². The molecule has 0 amide bonds. The molecule has 0 unspecified atom stereocenters. The van der Waals surface area contributed by atoms with E-state index < -0.39 is 286 Å². The van der Waals surface area contributed by atoms with Crippen molar-refractivity contribution in [2.24, 2.45) is 0 Å². The van der Waals surface area contributed by atoms with Gasteiger partial charge in [0.2, 0.25) is 0 Å². The fraction of sp³-hybridized carbons (Fsp3) is 0.0196. The topological polar surface area (TPSA) is 0 Å². The number of benzene rings is 10. The van der Waals surface area contributed by atoms with Crippen molar-refractivity contribution in [3.8, 4) is 44.5 Å². The summed E-state index contributed by atoms with van der Waals surface area (Å²) in [6, 6.07) is -30.1. The third-order valence-electron chi connectivity index (χ3n) is 8.31. The van der Waals surface area contributed by atoms with E-state index in [0.717, 1.165) is 0 Å². The van der Waals surface area contributed by atoms with Crippen molar-refractivity contribution < 1.29 is 42.5 Å². The Bertz CT molecular complexity index is 4750. The second-order valence-electron chi connectivity index (χ2n) is 11.2. The number of rotatable bonds is 4. The molecule has 0 spiro atoms. The zero-order valence-corrected chi connectivity index (χ0v) is 26.0. The normalized spacial score (nSPS) is 20.1. The molecule has 51 heavy (non-hydrogen) atoms. The van der Waals surface area contributed by atoms with Crippen LogP contribution in [0.1, 0.15) is 48.1 Å². The van der Waals surface area contributed by atoms with E-state index in [1.807, 2.05) is 0 Å². The minimum atomic E-state index is -1.18. The van der Waals surface area contributed by atoms with E-state index in [2.05, 4.69) is 0 Å². The van der Waals surface area contributed by atoms with Gasteiger partial charge in [-0.25, -0.2) is 0 Å². The average molecular weight is 678 g/mol. The Morgan fingerprint density at radius 3 is 1.65 bits per heavy atom. The first kappa shape index (κ1) is 11.8. The molecule has 238 valence electrons. The molecule has 0 saturated carbocycles. The van der Waals surface area contributed by atoms with Crippen molar-refractivity contribution in [3.05, 3.63) is 193 Å². The quantitative estimate of drug-likeness (QED) is 0.163. The minimum absolute atomic E-state index is 0.200. The second kappa shape index (κ2) is 11.8. The molecule has 0 saturated heterocycles. The Morgan fingerprint density at radius 1 is 0.294 bits per heavy atom. The maximum Gasteiger partial charge on any atom is 0.0636 e. The van der Waals surface area contributed by atoms with Crippen LogP contribution >= 0.6 is 0 Å². The lowest BCUT2D eigenvalue weighted by Gasteiger charge is -2.20. The molecular formula is C51H34. The fourth-order valence-electron chi connectivity index (χ4n) is 6.00. The number of hydrogen-bond donors (Lipinski definition) is 0. The van der Waals surface area contributed by atoms with Crippen LogP contribution in [-0.4, -0.2) is 0 Å². The minimum Gasteiger partial charge on any atom is -0.0616 e. The van der Waals surface area contributed by atoms with Gasteiger partial charge < -0.3 is 0 Å². The molecule has 0 radical (unpaired) electrons. The highest BCUT2D eigenvalue weighted by molar-refractivity contribution is 6.22. The molecule has 0 heteroatoms. The predicted octanol–water partition coefficient (Wildman–Crippen LogP) is 14.4. The highest BCUT2D eigenvalue weighted by Crippen LogP contribution is 2.46. The number of fused-ring (bicyclic) bond motifs is 5. The van der Waals surface area contributed by atoms with E-state index >= 15 is 0 Å². The largest absolute Gasteiger partial charge is 0.0636 e. The highest BCUT2D eigenvalue weighted by atomic mass is 14.2. The van der Waals surface area contributed by atoms with Crippen LogP contribution in [0.4, 0.5) is 0 Å². The maximum absolute atomic E-state index is 10.3. The van der Waals surface area contributed by atoms with E-state index in [-0.39, 0.29) is 5.56 Å². The summed E-state index contributed by atoms with van der Waals surface area (Å²) in [7, 11) is 0. The van der Waals surface area contributed by atoms with Crippen molar-refractivity contribution in [1.82, 2.24) is 0 Å². The third-order valence-corrected chi connectivity index (χ3v) is 8.31. The summed E-state index contributed by atoms with van der Waals surface area (Å²) in [4.78, 5) is 0. The lowest BCUT2D eigenvalue weighted by molar-refractivity contribution is 1.53. The average Bonchev–Trinajstić information content (AvgIpc) is 2.23. The van der Waals surface area contributed by atoms with Crippen LogP contribution in [0.2, 0.25) is 0 Å². The van der Waals surface area contributed by atoms with Crippen molar-refractivity contribution in [3.63, 3.8) is 0 Å². The molecule has 0 aliphatic rings. The van der Waals surface area contributed by atoms with Gasteiger partial charge in [0.25, 0.3) is 0 Å². The van der Waals surface area contributed by atoms with Crippen LogP contribution in [0.15, 0.2) is 187 Å². The third kappa shape index (κ3) is 4.91. The maximum atomic E-state index is 10.3. The zero-order valence-electron chi connectivity index (χ0n) is 57.0. The summed E-state index contributed by atoms with van der Waals surface area (Å²) in [6.07, 6.45) is 0. The van der Waals surface area contributed by atoms with Crippen molar-refractivity contribution in [1.29, 1.82) is 0 Å². The summed E-state index contributed by atoms with van der Waals surface area (Å²) < 4.78 is 284. The molecule has 0 fully saturated rings. The van der Waals surface area contributed by atoms with Gasteiger partial charge in [-0.15, -0.1) is 0 Å². The number of aryl methyl sites for hydroxylation is 1. The van der Waals surface area contributed by atoms with E-state index in [9.17, 15) is 20.6 Å². The molecule has 0 aliphatic heterocycles. The molecule has 0 atom stereocenters. The summed E-state index contributed by atoms with van der Waals surface area (Å²) in [5, 5.41) is -7.02. The van der Waals surface area contributed by atoms with Crippen LogP contribution in [0, 0.1) is 6.92 Å². The lowest BCUT2D eigenvalue weighted by Crippen LogP contribution is -1.93. The van der Waals surface area contributed by atoms with Gasteiger partial charge in [0, 0.05) is 0 Å². The molecule has 0 aliphatic carbocycles. The van der Waals surface area contributed by atoms with Crippen LogP contribution in [-0.2, 0) is 0 Å². The van der Waals surface area contributed by atoms with Gasteiger partial charge in [-0.3, -0.25) is 0 Å². The zero-order chi connectivity index (χ0) is 60.9. The molecule has 10 aromatic rings. The van der Waals surface area contributed by atoms with Crippen LogP contribution in [0.5, 0.6) is 0 Å². The predicted molar refractivity (Wildman–Crippen MR) is 220 cm³/mol. The standard InChI is InChI=1S/C51H34/c1-33-11-8-15-36-24-26-42(32-48(33)36)51-46-21-7-6-20-45(46)50(41-18-9-17-38(30-41)39-25-23-34-12-2-3-14-37(34)29-39)47-28-27-40(31-49(47)51)44-22-10-16-35-13-4-5-19-43(35)44/h2-32H,1H3/i2D,3D,4D,5D,6D,7D,8D,9D,10D,11D,12D,13D,14D,15D,16D,17D,18D,19D,20D,21D,22D,23D,24D,25D,26D,27D,28D,29D,30D,31D,32D. The van der Waals surface area contributed by atoms with Gasteiger partial charge in [-0.1, -0.05) is 163 Å². The van der Waals surface area contributed by atoms with Gasteiger partial charge in [-0.05, 0) is 135 Å². The van der Waals surface area contributed by atoms with Crippen LogP contribution in [0.3, 0.4) is 0 Å². The smallest absolute Gasteiger partial charge is 0.0616 e. The molecule has 0 nitrogen and oxygen atoms in total. The number of hydrogen-bond acceptors (Lipinski definition) is 0. The van der Waals surface area contributed by atoms with Gasteiger partial charge in [0.05, 0.1) is 42.5 Å². The Hall–Kier alpha value is -6.50. The Labute approximate surface area is 341 Å². The van der Waals surface area contributed by atoms with E-state index in [0.29, 0.717) is 0 Å². The van der Waals surface area contributed by atoms with Gasteiger partial charge in [0.15, 0.2) is 0 Å². The Morgan fingerprint density at radius 2 is 0.804 bits per heavy atom. The summed E-state index contributed by atoms with van der Waals surface area (Å²) in [6.45, 7) is 1.26. The molecule has 10 rings (SSSR count). The SMILES string of the molecule is [2H]c1c([2H])c(-c2c([2H])c([2H])c3c([2H])c([2H])c([2H])c([2H])c3c2[2H])c([2H])c(-c2c3c([2H])c([2H])c([2H])c([2H])c3c(-c3c([2H])c([2H])c4c([2H])c([2H])c([2H])c(C)c4c3[2H])c3c([2H])c(-c4c([2H])c([2H])c([2H])c5c([2H])c([2H])c([2H])c([2H])c45)c([2H])c([2H])c23)c1[2H]. The first-order valence-corrected chi connectivity index (χ1v) is 15.2. The molecule has 10 aromatic carbocycles.